The highest BCUT2D eigenvalue weighted by atomic mass is 35.6. The van der Waals surface area contributed by atoms with Crippen LogP contribution in [0.2, 0.25) is 0 Å². The fraction of sp³-hybridized carbons (Fsp3) is 0.600. The maximum Gasteiger partial charge on any atom is 0.357 e. The lowest BCUT2D eigenvalue weighted by atomic mass is 10.2. The molecule has 0 radical (unpaired) electrons. The molecule has 0 aromatic rings. The summed E-state index contributed by atoms with van der Waals surface area (Å²) in [7, 11) is 2.93. The van der Waals surface area contributed by atoms with Crippen LogP contribution in [0.4, 0.5) is 0 Å². The third-order valence-electron chi connectivity index (χ3n) is 2.07. The van der Waals surface area contributed by atoms with E-state index >= 15 is 0 Å². The number of alkyl halides is 3. The van der Waals surface area contributed by atoms with Crippen LogP contribution in [0.5, 0.6) is 0 Å². The first-order chi connectivity index (χ1) is 8.89. The van der Waals surface area contributed by atoms with E-state index in [4.69, 9.17) is 49.0 Å². The van der Waals surface area contributed by atoms with Crippen LogP contribution in [0.3, 0.4) is 0 Å². The lowest BCUT2D eigenvalue weighted by Gasteiger charge is -2.21. The topological polar surface area (TPSA) is 57.1 Å². The summed E-state index contributed by atoms with van der Waals surface area (Å²) < 4.78 is 13.5. The smallest absolute Gasteiger partial charge is 0.357 e. The summed E-state index contributed by atoms with van der Waals surface area (Å²) in [5, 5.41) is 0. The van der Waals surface area contributed by atoms with Gasteiger partial charge in [-0.2, -0.15) is 0 Å². The minimum Gasteiger partial charge on any atom is -0.456 e. The summed E-state index contributed by atoms with van der Waals surface area (Å²) in [6.07, 6.45) is -0.666. The van der Waals surface area contributed by atoms with Gasteiger partial charge in [-0.15, -0.1) is 11.8 Å². The number of ether oxygens (including phenoxy) is 3. The number of aliphatic imine (C=N–C) groups is 1. The summed E-state index contributed by atoms with van der Waals surface area (Å²) in [4.78, 5) is 15.9. The van der Waals surface area contributed by atoms with Gasteiger partial charge in [-0.05, 0) is 0 Å². The van der Waals surface area contributed by atoms with Crippen LogP contribution in [0.25, 0.3) is 0 Å². The molecule has 0 saturated heterocycles. The maximum atomic E-state index is 11.9. The minimum atomic E-state index is -1.66. The van der Waals surface area contributed by atoms with Gasteiger partial charge in [-0.3, -0.25) is 0 Å². The van der Waals surface area contributed by atoms with Gasteiger partial charge in [0.1, 0.15) is 6.61 Å². The second-order valence-corrected chi connectivity index (χ2v) is 6.76. The lowest BCUT2D eigenvalue weighted by molar-refractivity contribution is -0.139. The van der Waals surface area contributed by atoms with Gasteiger partial charge < -0.3 is 14.2 Å². The van der Waals surface area contributed by atoms with Gasteiger partial charge in [0, 0.05) is 25.5 Å². The summed E-state index contributed by atoms with van der Waals surface area (Å²) in [5.74, 6) is -0.175. The average Bonchev–Trinajstić information content (AvgIpc) is 2.37. The van der Waals surface area contributed by atoms with Crippen LogP contribution in [0, 0.1) is 0 Å². The molecule has 0 fully saturated rings. The zero-order valence-electron chi connectivity index (χ0n) is 10.2. The molecule has 19 heavy (non-hydrogen) atoms. The quantitative estimate of drug-likeness (QED) is 0.434. The number of halogens is 3. The van der Waals surface area contributed by atoms with Gasteiger partial charge in [0.05, 0.1) is 5.55 Å². The van der Waals surface area contributed by atoms with Crippen molar-refractivity contribution >= 4 is 58.1 Å². The van der Waals surface area contributed by atoms with Crippen LogP contribution >= 0.6 is 46.6 Å². The van der Waals surface area contributed by atoms with E-state index in [0.29, 0.717) is 11.3 Å². The second-order valence-electron chi connectivity index (χ2n) is 3.41. The molecule has 1 aliphatic rings. The van der Waals surface area contributed by atoms with Crippen LogP contribution in [0.15, 0.2) is 16.3 Å². The Bertz CT molecular complexity index is 391. The highest BCUT2D eigenvalue weighted by Gasteiger charge is 2.28. The molecule has 0 spiro atoms. The first-order valence-electron chi connectivity index (χ1n) is 5.05. The molecule has 0 aliphatic carbocycles. The molecule has 0 unspecified atom stereocenters. The molecular weight excluding hydrogens is 337 g/mol. The van der Waals surface area contributed by atoms with Gasteiger partial charge in [0.25, 0.3) is 0 Å². The van der Waals surface area contributed by atoms with Crippen molar-refractivity contribution in [1.29, 1.82) is 0 Å². The molecule has 1 aliphatic heterocycles. The van der Waals surface area contributed by atoms with E-state index in [1.54, 1.807) is 0 Å². The molecule has 0 amide bonds. The van der Waals surface area contributed by atoms with Crippen LogP contribution < -0.4 is 0 Å². The van der Waals surface area contributed by atoms with E-state index in [2.05, 4.69) is 4.99 Å². The number of rotatable bonds is 5. The monoisotopic (exact) mass is 347 g/mol. The van der Waals surface area contributed by atoms with Crippen molar-refractivity contribution in [3.05, 3.63) is 11.3 Å². The van der Waals surface area contributed by atoms with Crippen LogP contribution in [-0.4, -0.2) is 48.2 Å². The number of hydrogen-bond donors (Lipinski definition) is 0. The van der Waals surface area contributed by atoms with Crippen molar-refractivity contribution in [2.24, 2.45) is 4.99 Å². The third kappa shape index (κ3) is 5.49. The highest BCUT2D eigenvalue weighted by molar-refractivity contribution is 8.12. The predicted molar refractivity (Wildman–Crippen MR) is 77.0 cm³/mol. The average molecular weight is 349 g/mol. The van der Waals surface area contributed by atoms with Gasteiger partial charge >= 0.3 is 5.97 Å². The molecule has 9 heteroatoms. The van der Waals surface area contributed by atoms with Gasteiger partial charge in [0.2, 0.25) is 3.79 Å². The summed E-state index contributed by atoms with van der Waals surface area (Å²) in [6.45, 7) is -0.361. The summed E-state index contributed by atoms with van der Waals surface area (Å²) in [5.41, 5.74) is 2.23. The molecule has 0 N–H and O–H groups in total. The third-order valence-corrected chi connectivity index (χ3v) is 3.13. The number of methoxy groups -OCH3 is 2. The summed E-state index contributed by atoms with van der Waals surface area (Å²) in [6, 6.07) is 0. The van der Waals surface area contributed by atoms with E-state index < -0.39 is 16.1 Å². The number of carbonyl (C=O) groups is 1. The van der Waals surface area contributed by atoms with Crippen molar-refractivity contribution in [3.63, 3.8) is 0 Å². The van der Waals surface area contributed by atoms with Crippen molar-refractivity contribution in [2.45, 2.75) is 10.1 Å². The zero-order chi connectivity index (χ0) is 14.5. The largest absolute Gasteiger partial charge is 0.456 e. The normalized spacial score (nSPS) is 16.1. The number of carbonyl (C=O) groups excluding carboxylic acids is 1. The van der Waals surface area contributed by atoms with Crippen LogP contribution in [0.1, 0.15) is 0 Å². The number of nitrogens with zero attached hydrogens (tertiary/aromatic N) is 1. The predicted octanol–water partition coefficient (Wildman–Crippen LogP) is 2.55. The van der Waals surface area contributed by atoms with E-state index in [0.717, 1.165) is 0 Å². The molecule has 108 valence electrons. The Labute approximate surface area is 130 Å². The van der Waals surface area contributed by atoms with E-state index in [9.17, 15) is 4.79 Å². The first-order valence-corrected chi connectivity index (χ1v) is 7.24. The van der Waals surface area contributed by atoms with Crippen molar-refractivity contribution < 1.29 is 19.0 Å². The SMILES string of the molecule is COC(OC)C1=C(C(=O)OCC(Cl)(Cl)Cl)N=CSC1. The van der Waals surface area contributed by atoms with Crippen LogP contribution in [-0.2, 0) is 19.0 Å². The zero-order valence-corrected chi connectivity index (χ0v) is 13.3. The second kappa shape index (κ2) is 7.71. The number of hydrogen-bond acceptors (Lipinski definition) is 6. The van der Waals surface area contributed by atoms with Gasteiger partial charge in [-0.25, -0.2) is 9.79 Å². The Morgan fingerprint density at radius 1 is 1.47 bits per heavy atom. The molecule has 0 aromatic heterocycles. The number of thioether (sulfide) groups is 1. The van der Waals surface area contributed by atoms with Gasteiger partial charge in [-0.1, -0.05) is 34.8 Å². The molecular formula is C10H12Cl3NO4S. The fourth-order valence-corrected chi connectivity index (χ4v) is 2.20. The molecule has 0 aromatic carbocycles. The Morgan fingerprint density at radius 2 is 2.11 bits per heavy atom. The standard InChI is InChI=1S/C10H12Cl3NO4S/c1-16-9(17-2)6-3-19-5-14-7(6)8(15)18-4-10(11,12)13/h5,9H,3-4H2,1-2H3. The summed E-state index contributed by atoms with van der Waals surface area (Å²) >= 11 is 18.0. The molecule has 0 bridgehead atoms. The molecule has 5 nitrogen and oxygen atoms in total. The maximum absolute atomic E-state index is 11.9. The Hall–Kier alpha value is 0.0200. The highest BCUT2D eigenvalue weighted by Crippen LogP contribution is 2.28. The molecule has 0 atom stereocenters. The number of esters is 1. The minimum absolute atomic E-state index is 0.113. The first kappa shape index (κ1) is 17.1. The van der Waals surface area contributed by atoms with Crippen molar-refractivity contribution in [1.82, 2.24) is 0 Å². The van der Waals surface area contributed by atoms with E-state index in [1.165, 1.54) is 31.5 Å². The Morgan fingerprint density at radius 3 is 2.63 bits per heavy atom. The Balaban J connectivity index is 2.86. The fourth-order valence-electron chi connectivity index (χ4n) is 1.33. The molecule has 0 saturated carbocycles. The molecule has 1 heterocycles. The Kier molecular flexibility index (Phi) is 6.93. The molecule has 1 rings (SSSR count). The van der Waals surface area contributed by atoms with E-state index in [-0.39, 0.29) is 12.3 Å². The lowest BCUT2D eigenvalue weighted by Crippen LogP contribution is -2.25. The van der Waals surface area contributed by atoms with Crippen molar-refractivity contribution in [3.8, 4) is 0 Å². The van der Waals surface area contributed by atoms with Gasteiger partial charge in [0.15, 0.2) is 12.0 Å². The van der Waals surface area contributed by atoms with Crippen molar-refractivity contribution in [2.75, 3.05) is 26.6 Å². The van der Waals surface area contributed by atoms with E-state index in [1.807, 2.05) is 0 Å².